The van der Waals surface area contributed by atoms with E-state index in [2.05, 4.69) is 0 Å². The van der Waals surface area contributed by atoms with Crippen LogP contribution in [0.5, 0.6) is 0 Å². The minimum Gasteiger partial charge on any atom is -0.376 e. The van der Waals surface area contributed by atoms with Gasteiger partial charge in [-0.25, -0.2) is 17.6 Å². The van der Waals surface area contributed by atoms with Crippen LogP contribution in [0.15, 0.2) is 23.6 Å². The van der Waals surface area contributed by atoms with Gasteiger partial charge in [0, 0.05) is 18.0 Å². The molecule has 0 radical (unpaired) electrons. The number of hydrogen-bond acceptors (Lipinski definition) is 3. The van der Waals surface area contributed by atoms with Crippen molar-refractivity contribution in [2.24, 2.45) is 0 Å². The number of carbonyl (C=O) groups excluding carboxylic acids is 1. The molecule has 1 aromatic carbocycles. The summed E-state index contributed by atoms with van der Waals surface area (Å²) in [5, 5.41) is 1.82. The first kappa shape index (κ1) is 17.9. The molecule has 1 amide bonds. The molecule has 3 rings (SSSR count). The van der Waals surface area contributed by atoms with Gasteiger partial charge in [0.25, 0.3) is 5.91 Å². The molecule has 1 atom stereocenters. The van der Waals surface area contributed by atoms with E-state index in [1.165, 1.54) is 16.2 Å². The molecule has 3 nitrogen and oxygen atoms in total. The van der Waals surface area contributed by atoms with Gasteiger partial charge in [-0.05, 0) is 30.4 Å². The van der Waals surface area contributed by atoms with E-state index in [-0.39, 0.29) is 19.2 Å². The Morgan fingerprint density at radius 2 is 2.04 bits per heavy atom. The van der Waals surface area contributed by atoms with Crippen LogP contribution in [-0.2, 0) is 11.3 Å². The van der Waals surface area contributed by atoms with Crippen molar-refractivity contribution in [2.45, 2.75) is 25.5 Å². The smallest absolute Gasteiger partial charge is 0.257 e. The summed E-state index contributed by atoms with van der Waals surface area (Å²) < 4.78 is 59.5. The van der Waals surface area contributed by atoms with Crippen molar-refractivity contribution >= 4 is 17.2 Å². The van der Waals surface area contributed by atoms with Crippen LogP contribution >= 0.6 is 11.3 Å². The Kier molecular flexibility index (Phi) is 5.39. The molecule has 0 saturated carbocycles. The lowest BCUT2D eigenvalue weighted by atomic mass is 10.1. The third kappa shape index (κ3) is 3.85. The number of carbonyl (C=O) groups is 1. The van der Waals surface area contributed by atoms with Crippen LogP contribution in [0.4, 0.5) is 17.6 Å². The lowest BCUT2D eigenvalue weighted by molar-refractivity contribution is 0.0504. The Bertz CT molecular complexity index is 761. The molecule has 1 unspecified atom stereocenters. The van der Waals surface area contributed by atoms with Crippen LogP contribution in [0, 0.1) is 23.3 Å². The van der Waals surface area contributed by atoms with Gasteiger partial charge in [0.1, 0.15) is 0 Å². The summed E-state index contributed by atoms with van der Waals surface area (Å²) in [6.07, 6.45) is 1.37. The van der Waals surface area contributed by atoms with Crippen molar-refractivity contribution in [3.63, 3.8) is 0 Å². The zero-order chi connectivity index (χ0) is 18.0. The number of benzene rings is 1. The first-order chi connectivity index (χ1) is 12.0. The lowest BCUT2D eigenvalue weighted by Crippen LogP contribution is -2.37. The number of halogens is 4. The average Bonchev–Trinajstić information content (AvgIpc) is 3.29. The molecule has 1 saturated heterocycles. The normalized spacial score (nSPS) is 17.0. The molecular formula is C17H15F4NO2S. The molecule has 0 spiro atoms. The molecule has 1 aromatic heterocycles. The summed E-state index contributed by atoms with van der Waals surface area (Å²) in [4.78, 5) is 14.8. The van der Waals surface area contributed by atoms with Crippen LogP contribution in [0.3, 0.4) is 0 Å². The van der Waals surface area contributed by atoms with Crippen molar-refractivity contribution in [3.8, 4) is 0 Å². The maximum atomic E-state index is 14.0. The predicted octanol–water partition coefficient (Wildman–Crippen LogP) is 4.13. The quantitative estimate of drug-likeness (QED) is 0.448. The molecule has 0 aliphatic carbocycles. The number of amides is 1. The highest BCUT2D eigenvalue weighted by Gasteiger charge is 2.29. The molecule has 8 heteroatoms. The van der Waals surface area contributed by atoms with Gasteiger partial charge in [0.2, 0.25) is 0 Å². The third-order valence-corrected chi connectivity index (χ3v) is 4.86. The maximum absolute atomic E-state index is 14.0. The number of nitrogens with zero attached hydrogens (tertiary/aromatic N) is 1. The van der Waals surface area contributed by atoms with Gasteiger partial charge in [0.05, 0.1) is 18.2 Å². The second kappa shape index (κ2) is 7.53. The fourth-order valence-electron chi connectivity index (χ4n) is 2.74. The largest absolute Gasteiger partial charge is 0.376 e. The van der Waals surface area contributed by atoms with Crippen LogP contribution in [0.2, 0.25) is 0 Å². The number of rotatable bonds is 5. The van der Waals surface area contributed by atoms with Crippen LogP contribution in [0.25, 0.3) is 0 Å². The van der Waals surface area contributed by atoms with Crippen molar-refractivity contribution < 1.29 is 27.1 Å². The zero-order valence-electron chi connectivity index (χ0n) is 13.1. The van der Waals surface area contributed by atoms with Gasteiger partial charge in [-0.3, -0.25) is 4.79 Å². The Morgan fingerprint density at radius 1 is 1.24 bits per heavy atom. The summed E-state index contributed by atoms with van der Waals surface area (Å²) in [6, 6.07) is 3.99. The summed E-state index contributed by atoms with van der Waals surface area (Å²) in [6.45, 7) is 0.882. The van der Waals surface area contributed by atoms with Gasteiger partial charge < -0.3 is 9.64 Å². The zero-order valence-corrected chi connectivity index (χ0v) is 13.9. The molecule has 0 bridgehead atoms. The van der Waals surface area contributed by atoms with Gasteiger partial charge in [-0.2, -0.15) is 0 Å². The van der Waals surface area contributed by atoms with E-state index < -0.39 is 34.7 Å². The highest BCUT2D eigenvalue weighted by Crippen LogP contribution is 2.23. The predicted molar refractivity (Wildman–Crippen MR) is 84.3 cm³/mol. The third-order valence-electron chi connectivity index (χ3n) is 4.00. The molecule has 1 aliphatic heterocycles. The van der Waals surface area contributed by atoms with E-state index in [1.807, 2.05) is 5.38 Å². The Morgan fingerprint density at radius 3 is 2.68 bits per heavy atom. The standard InChI is InChI=1S/C17H15F4NO2S/c18-13-7-12(14(19)16(21)15(13)20)17(23)22(8-10-3-1-5-24-10)9-11-4-2-6-25-11/h2,4,6-7,10H,1,3,5,8-9H2. The first-order valence-corrected chi connectivity index (χ1v) is 8.61. The van der Waals surface area contributed by atoms with Crippen LogP contribution in [-0.4, -0.2) is 30.1 Å². The molecule has 1 fully saturated rings. The number of ether oxygens (including phenoxy) is 1. The van der Waals surface area contributed by atoms with Gasteiger partial charge in [-0.15, -0.1) is 11.3 Å². The fourth-order valence-corrected chi connectivity index (χ4v) is 3.46. The molecule has 2 aromatic rings. The fraction of sp³-hybridized carbons (Fsp3) is 0.353. The summed E-state index contributed by atoms with van der Waals surface area (Å²) in [7, 11) is 0. The Balaban J connectivity index is 1.90. The second-order valence-corrected chi connectivity index (χ2v) is 6.78. The highest BCUT2D eigenvalue weighted by atomic mass is 32.1. The number of hydrogen-bond donors (Lipinski definition) is 0. The Labute approximate surface area is 145 Å². The van der Waals surface area contributed by atoms with Crippen LogP contribution in [0.1, 0.15) is 28.1 Å². The van der Waals surface area contributed by atoms with Crippen molar-refractivity contribution in [2.75, 3.05) is 13.2 Å². The lowest BCUT2D eigenvalue weighted by Gasteiger charge is -2.25. The van der Waals surface area contributed by atoms with E-state index in [9.17, 15) is 22.4 Å². The number of thiophene rings is 1. The van der Waals surface area contributed by atoms with E-state index in [0.29, 0.717) is 12.7 Å². The van der Waals surface area contributed by atoms with E-state index in [4.69, 9.17) is 4.74 Å². The van der Waals surface area contributed by atoms with E-state index in [1.54, 1.807) is 12.1 Å². The minimum atomic E-state index is -1.99. The monoisotopic (exact) mass is 373 g/mol. The van der Waals surface area contributed by atoms with Crippen molar-refractivity contribution in [1.82, 2.24) is 4.90 Å². The van der Waals surface area contributed by atoms with Crippen molar-refractivity contribution in [1.29, 1.82) is 0 Å². The molecule has 1 aliphatic rings. The molecule has 134 valence electrons. The summed E-state index contributed by atoms with van der Waals surface area (Å²) >= 11 is 1.40. The minimum absolute atomic E-state index is 0.149. The highest BCUT2D eigenvalue weighted by molar-refractivity contribution is 7.09. The maximum Gasteiger partial charge on any atom is 0.257 e. The molecule has 0 N–H and O–H groups in total. The van der Waals surface area contributed by atoms with Crippen LogP contribution < -0.4 is 0 Å². The molecule has 2 heterocycles. The topological polar surface area (TPSA) is 29.5 Å². The molecule has 25 heavy (non-hydrogen) atoms. The van der Waals surface area contributed by atoms with Gasteiger partial charge in [-0.1, -0.05) is 6.07 Å². The summed E-state index contributed by atoms with van der Waals surface area (Å²) in [5.74, 6) is -8.11. The van der Waals surface area contributed by atoms with Crippen molar-refractivity contribution in [3.05, 3.63) is 57.3 Å². The van der Waals surface area contributed by atoms with Gasteiger partial charge >= 0.3 is 0 Å². The average molecular weight is 373 g/mol. The summed E-state index contributed by atoms with van der Waals surface area (Å²) in [5.41, 5.74) is -0.828. The molecular weight excluding hydrogens is 358 g/mol. The van der Waals surface area contributed by atoms with E-state index >= 15 is 0 Å². The van der Waals surface area contributed by atoms with Gasteiger partial charge in [0.15, 0.2) is 23.3 Å². The second-order valence-electron chi connectivity index (χ2n) is 5.75. The SMILES string of the molecule is O=C(c1cc(F)c(F)c(F)c1F)N(Cc1cccs1)CC1CCCO1. The Hall–Kier alpha value is -1.93. The first-order valence-electron chi connectivity index (χ1n) is 7.73. The van der Waals surface area contributed by atoms with E-state index in [0.717, 1.165) is 17.7 Å².